The van der Waals surface area contributed by atoms with Gasteiger partial charge in [-0.2, -0.15) is 5.10 Å². The monoisotopic (exact) mass is 299 g/mol. The van der Waals surface area contributed by atoms with Gasteiger partial charge in [-0.15, -0.1) is 0 Å². The van der Waals surface area contributed by atoms with Crippen LogP contribution < -0.4 is 11.1 Å². The molecular weight excluding hydrogens is 291 g/mol. The Labute approximate surface area is 115 Å². The lowest BCUT2D eigenvalue weighted by Crippen LogP contribution is -2.19. The Hall–Kier alpha value is -3.04. The first-order valence-electron chi connectivity index (χ1n) is 5.41. The second-order valence-electron chi connectivity index (χ2n) is 3.85. The highest BCUT2D eigenvalue weighted by atomic mass is 19.2. The molecule has 0 unspecified atom stereocenters. The molecule has 0 aliphatic rings. The molecule has 0 spiro atoms. The summed E-state index contributed by atoms with van der Waals surface area (Å²) in [6, 6.07) is 1.07. The third-order valence-corrected chi connectivity index (χ3v) is 2.51. The molecule has 0 aliphatic heterocycles. The minimum Gasteiger partial charge on any atom is -0.409 e. The number of aromatic amines is 1. The highest BCUT2D eigenvalue weighted by Gasteiger charge is 2.17. The van der Waals surface area contributed by atoms with Gasteiger partial charge in [0.1, 0.15) is 5.82 Å². The quantitative estimate of drug-likeness (QED) is 0.224. The maximum atomic E-state index is 13.1. The molecule has 10 heteroatoms. The largest absolute Gasteiger partial charge is 0.409 e. The van der Waals surface area contributed by atoms with Crippen molar-refractivity contribution in [2.75, 3.05) is 5.32 Å². The van der Waals surface area contributed by atoms with Crippen LogP contribution in [0.4, 0.5) is 19.0 Å². The number of carbonyl (C=O) groups is 1. The summed E-state index contributed by atoms with van der Waals surface area (Å²) < 4.78 is 38.9. The molecule has 1 amide bonds. The van der Waals surface area contributed by atoms with E-state index < -0.39 is 28.9 Å². The Kier molecular flexibility index (Phi) is 3.78. The van der Waals surface area contributed by atoms with Crippen LogP contribution in [0.15, 0.2) is 23.5 Å². The number of hydrogen-bond donors (Lipinski definition) is 4. The molecule has 1 aromatic heterocycles. The number of oxime groups is 1. The molecule has 7 nitrogen and oxygen atoms in total. The molecule has 1 aromatic carbocycles. The first-order valence-corrected chi connectivity index (χ1v) is 5.41. The number of anilines is 1. The molecule has 0 radical (unpaired) electrons. The molecule has 0 fully saturated rings. The van der Waals surface area contributed by atoms with E-state index in [9.17, 15) is 18.0 Å². The van der Waals surface area contributed by atoms with Crippen molar-refractivity contribution in [3.8, 4) is 0 Å². The minimum atomic E-state index is -1.68. The minimum absolute atomic E-state index is 0.0551. The van der Waals surface area contributed by atoms with Gasteiger partial charge in [-0.3, -0.25) is 9.89 Å². The Bertz CT molecular complexity index is 705. The van der Waals surface area contributed by atoms with Gasteiger partial charge in [0.05, 0.1) is 11.8 Å². The lowest BCUT2D eigenvalue weighted by molar-refractivity contribution is 0.102. The first-order chi connectivity index (χ1) is 9.93. The van der Waals surface area contributed by atoms with Crippen LogP contribution in [-0.4, -0.2) is 27.1 Å². The number of nitrogens with zero attached hydrogens (tertiary/aromatic N) is 2. The number of rotatable bonds is 3. The van der Waals surface area contributed by atoms with Crippen LogP contribution in [-0.2, 0) is 0 Å². The zero-order valence-corrected chi connectivity index (χ0v) is 10.2. The van der Waals surface area contributed by atoms with E-state index in [1.54, 1.807) is 0 Å². The van der Waals surface area contributed by atoms with Crippen LogP contribution in [0, 0.1) is 17.5 Å². The van der Waals surface area contributed by atoms with Gasteiger partial charge >= 0.3 is 0 Å². The molecule has 2 aromatic rings. The summed E-state index contributed by atoms with van der Waals surface area (Å²) in [5.41, 5.74) is 4.95. The van der Waals surface area contributed by atoms with E-state index in [2.05, 4.69) is 20.7 Å². The fraction of sp³-hybridized carbons (Fsp3) is 0. The van der Waals surface area contributed by atoms with Crippen molar-refractivity contribution in [1.82, 2.24) is 10.2 Å². The van der Waals surface area contributed by atoms with E-state index in [0.717, 1.165) is 6.20 Å². The Morgan fingerprint density at radius 2 is 1.95 bits per heavy atom. The zero-order chi connectivity index (χ0) is 15.6. The number of benzene rings is 1. The summed E-state index contributed by atoms with van der Waals surface area (Å²) in [4.78, 5) is 11.8. The van der Waals surface area contributed by atoms with E-state index >= 15 is 0 Å². The summed E-state index contributed by atoms with van der Waals surface area (Å²) in [6.07, 6.45) is 1.16. The van der Waals surface area contributed by atoms with Crippen molar-refractivity contribution in [1.29, 1.82) is 0 Å². The normalized spacial score (nSPS) is 11.5. The maximum Gasteiger partial charge on any atom is 0.257 e. The number of halogens is 3. The predicted octanol–water partition coefficient (Wildman–Crippen LogP) is 1.17. The van der Waals surface area contributed by atoms with E-state index in [1.807, 2.05) is 0 Å². The molecular formula is C11H8F3N5O2. The zero-order valence-electron chi connectivity index (χ0n) is 10.2. The number of amides is 1. The maximum absolute atomic E-state index is 13.1. The van der Waals surface area contributed by atoms with E-state index in [-0.39, 0.29) is 17.2 Å². The van der Waals surface area contributed by atoms with Crippen molar-refractivity contribution in [2.24, 2.45) is 10.9 Å². The lowest BCUT2D eigenvalue weighted by atomic mass is 10.2. The molecule has 0 atom stereocenters. The van der Waals surface area contributed by atoms with E-state index in [1.165, 1.54) is 0 Å². The van der Waals surface area contributed by atoms with Crippen molar-refractivity contribution >= 4 is 17.6 Å². The van der Waals surface area contributed by atoms with Crippen molar-refractivity contribution in [3.05, 3.63) is 46.9 Å². The van der Waals surface area contributed by atoms with Crippen molar-refractivity contribution < 1.29 is 23.2 Å². The van der Waals surface area contributed by atoms with Crippen LogP contribution in [0.2, 0.25) is 0 Å². The van der Waals surface area contributed by atoms with Crippen LogP contribution in [0.5, 0.6) is 0 Å². The molecule has 0 bridgehead atoms. The number of amidine groups is 1. The number of hydrogen-bond acceptors (Lipinski definition) is 4. The molecule has 0 saturated carbocycles. The van der Waals surface area contributed by atoms with E-state index in [4.69, 9.17) is 10.9 Å². The van der Waals surface area contributed by atoms with Crippen LogP contribution in [0.25, 0.3) is 0 Å². The molecule has 2 rings (SSSR count). The highest BCUT2D eigenvalue weighted by molar-refractivity contribution is 6.08. The van der Waals surface area contributed by atoms with Gasteiger partial charge in [0, 0.05) is 5.56 Å². The third-order valence-electron chi connectivity index (χ3n) is 2.51. The number of nitrogens with two attached hydrogens (primary N) is 1. The van der Waals surface area contributed by atoms with Crippen molar-refractivity contribution in [2.45, 2.75) is 0 Å². The van der Waals surface area contributed by atoms with E-state index in [0.29, 0.717) is 12.1 Å². The first kappa shape index (κ1) is 14.4. The summed E-state index contributed by atoms with van der Waals surface area (Å²) in [7, 11) is 0. The molecule has 110 valence electrons. The average molecular weight is 299 g/mol. The Morgan fingerprint density at radius 3 is 2.52 bits per heavy atom. The smallest absolute Gasteiger partial charge is 0.257 e. The number of nitrogens with one attached hydrogen (secondary N) is 2. The van der Waals surface area contributed by atoms with Gasteiger partial charge in [0.15, 0.2) is 23.3 Å². The van der Waals surface area contributed by atoms with Crippen LogP contribution >= 0.6 is 0 Å². The Balaban J connectivity index is 2.29. The molecule has 21 heavy (non-hydrogen) atoms. The van der Waals surface area contributed by atoms with Crippen LogP contribution in [0.3, 0.4) is 0 Å². The van der Waals surface area contributed by atoms with Crippen LogP contribution in [0.1, 0.15) is 15.9 Å². The summed E-state index contributed by atoms with van der Waals surface area (Å²) in [6.45, 7) is 0. The third kappa shape index (κ3) is 2.78. The van der Waals surface area contributed by atoms with Gasteiger partial charge in [-0.1, -0.05) is 5.16 Å². The second-order valence-corrected chi connectivity index (χ2v) is 3.85. The van der Waals surface area contributed by atoms with Gasteiger partial charge in [0.25, 0.3) is 5.91 Å². The molecule has 1 heterocycles. The average Bonchev–Trinajstić information content (AvgIpc) is 2.91. The summed E-state index contributed by atoms with van der Waals surface area (Å²) >= 11 is 0. The number of H-pyrrole nitrogens is 1. The summed E-state index contributed by atoms with van der Waals surface area (Å²) in [5.74, 6) is -6.01. The Morgan fingerprint density at radius 1 is 1.33 bits per heavy atom. The van der Waals surface area contributed by atoms with Gasteiger partial charge in [-0.05, 0) is 12.1 Å². The molecule has 5 N–H and O–H groups in total. The SMILES string of the molecule is NC(=NO)c1cn[nH]c1NC(=O)c1cc(F)c(F)c(F)c1. The van der Waals surface area contributed by atoms with Gasteiger partial charge in [0.2, 0.25) is 0 Å². The summed E-state index contributed by atoms with van der Waals surface area (Å²) in [5, 5.41) is 19.4. The number of aromatic nitrogens is 2. The molecule has 0 saturated heterocycles. The van der Waals surface area contributed by atoms with Gasteiger partial charge in [-0.25, -0.2) is 13.2 Å². The fourth-order valence-corrected chi connectivity index (χ4v) is 1.50. The standard InChI is InChI=1S/C11H8F3N5O2/c12-6-1-4(2-7(13)8(6)14)11(20)17-10-5(3-16-18-10)9(15)19-21/h1-3,21H,(H2,15,19)(H2,16,17,18,20). The van der Waals surface area contributed by atoms with Gasteiger partial charge < -0.3 is 16.3 Å². The number of carbonyl (C=O) groups excluding carboxylic acids is 1. The lowest BCUT2D eigenvalue weighted by Gasteiger charge is -2.06. The second kappa shape index (κ2) is 5.53. The topological polar surface area (TPSA) is 116 Å². The molecule has 0 aliphatic carbocycles. The highest BCUT2D eigenvalue weighted by Crippen LogP contribution is 2.16. The van der Waals surface area contributed by atoms with Crippen molar-refractivity contribution in [3.63, 3.8) is 0 Å². The fourth-order valence-electron chi connectivity index (χ4n) is 1.50. The predicted molar refractivity (Wildman–Crippen MR) is 65.4 cm³/mol.